The quantitative estimate of drug-likeness (QED) is 0.0147. The molecule has 370 valence electrons. The Balaban J connectivity index is 2.33. The summed E-state index contributed by atoms with van der Waals surface area (Å²) < 4.78 is 34.2. The molecule has 1 aliphatic rings. The second-order valence-corrected chi connectivity index (χ2v) is 19.1. The van der Waals surface area contributed by atoms with Gasteiger partial charge in [0, 0.05) is 13.0 Å². The highest BCUT2D eigenvalue weighted by Gasteiger charge is 2.51. The monoisotopic (exact) mass is 917 g/mol. The van der Waals surface area contributed by atoms with Crippen LogP contribution in [0.5, 0.6) is 0 Å². The van der Waals surface area contributed by atoms with Gasteiger partial charge >= 0.3 is 13.8 Å². The van der Waals surface area contributed by atoms with E-state index in [1.54, 1.807) is 0 Å². The van der Waals surface area contributed by atoms with Crippen molar-refractivity contribution >= 4 is 13.8 Å². The van der Waals surface area contributed by atoms with E-state index in [4.69, 9.17) is 18.5 Å². The molecular formula is C50H93O12P. The Hall–Kier alpha value is -1.44. The third-order valence-electron chi connectivity index (χ3n) is 11.7. The Morgan fingerprint density at radius 2 is 0.905 bits per heavy atom. The van der Waals surface area contributed by atoms with Crippen molar-refractivity contribution in [3.05, 3.63) is 36.5 Å². The van der Waals surface area contributed by atoms with Crippen molar-refractivity contribution in [1.82, 2.24) is 0 Å². The summed E-state index contributed by atoms with van der Waals surface area (Å²) in [6.07, 6.45) is 36.4. The van der Waals surface area contributed by atoms with Crippen LogP contribution in [0.4, 0.5) is 0 Å². The molecule has 0 aromatic rings. The Kier molecular flexibility index (Phi) is 38.6. The van der Waals surface area contributed by atoms with Gasteiger partial charge in [0.05, 0.1) is 13.2 Å². The van der Waals surface area contributed by atoms with Gasteiger partial charge in [-0.3, -0.25) is 13.8 Å². The molecule has 63 heavy (non-hydrogen) atoms. The fourth-order valence-electron chi connectivity index (χ4n) is 7.66. The van der Waals surface area contributed by atoms with Crippen molar-refractivity contribution in [2.24, 2.45) is 0 Å². The lowest BCUT2D eigenvalue weighted by Gasteiger charge is -2.41. The molecular weight excluding hydrogens is 824 g/mol. The molecule has 0 radical (unpaired) electrons. The Labute approximate surface area is 382 Å². The topological polar surface area (TPSA) is 192 Å². The number of allylic oxidation sites excluding steroid dienone is 6. The Morgan fingerprint density at radius 1 is 0.508 bits per heavy atom. The van der Waals surface area contributed by atoms with E-state index >= 15 is 0 Å². The number of aliphatic hydroxyl groups is 5. The molecule has 1 saturated carbocycles. The Bertz CT molecular complexity index is 1180. The van der Waals surface area contributed by atoms with Crippen LogP contribution < -0.4 is 0 Å². The number of ether oxygens (including phenoxy) is 2. The van der Waals surface area contributed by atoms with Crippen molar-refractivity contribution in [3.8, 4) is 0 Å². The highest BCUT2D eigenvalue weighted by Crippen LogP contribution is 2.47. The minimum atomic E-state index is -5.02. The lowest BCUT2D eigenvalue weighted by molar-refractivity contribution is -0.220. The van der Waals surface area contributed by atoms with Crippen molar-refractivity contribution in [2.45, 2.75) is 256 Å². The molecule has 0 heterocycles. The van der Waals surface area contributed by atoms with Gasteiger partial charge in [0.1, 0.15) is 42.7 Å². The summed E-state index contributed by atoms with van der Waals surface area (Å²) in [6, 6.07) is 0. The smallest absolute Gasteiger partial charge is 0.457 e. The molecule has 0 amide bonds. The zero-order chi connectivity index (χ0) is 46.2. The number of esters is 1. The molecule has 0 aromatic carbocycles. The maximum absolute atomic E-state index is 12.8. The SMILES string of the molecule is CCCC/C=C\C/C=C\CCCCCCCC(=O)OC(COCCCCCCCCCCCC/C=C\CCCCCCCCCC)COP(=O)(O)OC1C(O)C(O)C(O)C(O)C1O. The van der Waals surface area contributed by atoms with Crippen LogP contribution in [0.15, 0.2) is 36.5 Å². The lowest BCUT2D eigenvalue weighted by Crippen LogP contribution is -2.64. The lowest BCUT2D eigenvalue weighted by atomic mass is 9.85. The maximum atomic E-state index is 12.8. The minimum Gasteiger partial charge on any atom is -0.457 e. The standard InChI is InChI=1S/C50H93O12P/c1-3-5-7-9-11-13-15-17-19-20-21-22-23-24-25-26-28-30-32-34-36-38-40-59-41-43(42-60-63(57,58)62-50-48(55)46(53)45(52)47(54)49(50)56)61-44(51)39-37-35-33-31-29-27-18-16-14-12-10-8-6-4-2/h10,12,16,18,20-21,43,45-50,52-56H,3-9,11,13-15,17,19,22-42H2,1-2H3,(H,57,58)/b12-10-,18-16-,21-20-. The number of carbonyl (C=O) groups is 1. The van der Waals surface area contributed by atoms with Crippen molar-refractivity contribution in [2.75, 3.05) is 19.8 Å². The van der Waals surface area contributed by atoms with Gasteiger partial charge in [-0.1, -0.05) is 179 Å². The average Bonchev–Trinajstić information content (AvgIpc) is 3.27. The summed E-state index contributed by atoms with van der Waals surface area (Å²) >= 11 is 0. The predicted octanol–water partition coefficient (Wildman–Crippen LogP) is 11.0. The van der Waals surface area contributed by atoms with Crippen LogP contribution in [0.1, 0.15) is 213 Å². The van der Waals surface area contributed by atoms with Crippen LogP contribution in [-0.4, -0.2) is 98.9 Å². The number of aliphatic hydroxyl groups excluding tert-OH is 5. The van der Waals surface area contributed by atoms with Crippen LogP contribution in [0, 0.1) is 0 Å². The summed E-state index contributed by atoms with van der Waals surface area (Å²) in [5.74, 6) is -0.490. The number of rotatable bonds is 43. The van der Waals surface area contributed by atoms with Gasteiger partial charge in [0.15, 0.2) is 0 Å². The van der Waals surface area contributed by atoms with Crippen LogP contribution >= 0.6 is 7.82 Å². The van der Waals surface area contributed by atoms with E-state index in [1.165, 1.54) is 122 Å². The van der Waals surface area contributed by atoms with Crippen LogP contribution in [-0.2, 0) is 27.9 Å². The summed E-state index contributed by atoms with van der Waals surface area (Å²) in [7, 11) is -5.02. The van der Waals surface area contributed by atoms with Gasteiger partial charge in [-0.25, -0.2) is 4.57 Å². The average molecular weight is 917 g/mol. The van der Waals surface area contributed by atoms with Gasteiger partial charge in [-0.05, 0) is 64.2 Å². The molecule has 1 aliphatic carbocycles. The van der Waals surface area contributed by atoms with Gasteiger partial charge in [-0.15, -0.1) is 0 Å². The highest BCUT2D eigenvalue weighted by atomic mass is 31.2. The molecule has 13 heteroatoms. The first-order valence-corrected chi connectivity index (χ1v) is 26.8. The van der Waals surface area contributed by atoms with E-state index in [1.807, 2.05) is 0 Å². The molecule has 12 nitrogen and oxygen atoms in total. The third kappa shape index (κ3) is 32.8. The van der Waals surface area contributed by atoms with E-state index in [2.05, 4.69) is 50.3 Å². The molecule has 0 saturated heterocycles. The summed E-state index contributed by atoms with van der Waals surface area (Å²) in [5, 5.41) is 50.2. The molecule has 6 atom stereocenters. The minimum absolute atomic E-state index is 0.0822. The molecule has 1 rings (SSSR count). The molecule has 0 spiro atoms. The van der Waals surface area contributed by atoms with E-state index in [9.17, 15) is 39.8 Å². The number of hydrogen-bond donors (Lipinski definition) is 6. The first-order chi connectivity index (χ1) is 30.5. The number of carbonyl (C=O) groups excluding carboxylic acids is 1. The van der Waals surface area contributed by atoms with Gasteiger partial charge in [-0.2, -0.15) is 0 Å². The first kappa shape index (κ1) is 59.6. The summed E-state index contributed by atoms with van der Waals surface area (Å²) in [4.78, 5) is 23.2. The van der Waals surface area contributed by atoms with E-state index in [0.717, 1.165) is 64.2 Å². The van der Waals surface area contributed by atoms with E-state index in [-0.39, 0.29) is 13.0 Å². The van der Waals surface area contributed by atoms with Gasteiger partial charge < -0.3 is 39.9 Å². The first-order valence-electron chi connectivity index (χ1n) is 25.3. The van der Waals surface area contributed by atoms with Crippen molar-refractivity contribution < 1.29 is 58.3 Å². The fourth-order valence-corrected chi connectivity index (χ4v) is 8.63. The maximum Gasteiger partial charge on any atom is 0.472 e. The zero-order valence-corrected chi connectivity index (χ0v) is 40.5. The van der Waals surface area contributed by atoms with E-state index < -0.39 is 63.1 Å². The van der Waals surface area contributed by atoms with E-state index in [0.29, 0.717) is 13.0 Å². The predicted molar refractivity (Wildman–Crippen MR) is 253 cm³/mol. The highest BCUT2D eigenvalue weighted by molar-refractivity contribution is 7.47. The molecule has 0 bridgehead atoms. The van der Waals surface area contributed by atoms with Crippen LogP contribution in [0.3, 0.4) is 0 Å². The normalized spacial score (nSPS) is 22.1. The van der Waals surface area contributed by atoms with Gasteiger partial charge in [0.2, 0.25) is 0 Å². The van der Waals surface area contributed by atoms with Crippen molar-refractivity contribution in [1.29, 1.82) is 0 Å². The van der Waals surface area contributed by atoms with Crippen LogP contribution in [0.2, 0.25) is 0 Å². The second kappa shape index (κ2) is 40.8. The zero-order valence-electron chi connectivity index (χ0n) is 39.6. The largest absolute Gasteiger partial charge is 0.472 e. The van der Waals surface area contributed by atoms with Crippen LogP contribution in [0.25, 0.3) is 0 Å². The number of unbranched alkanes of at least 4 members (excludes halogenated alkanes) is 25. The molecule has 1 fully saturated rings. The fraction of sp³-hybridized carbons (Fsp3) is 0.860. The summed E-state index contributed by atoms with van der Waals surface area (Å²) in [5.41, 5.74) is 0. The van der Waals surface area contributed by atoms with Gasteiger partial charge in [0.25, 0.3) is 0 Å². The Morgan fingerprint density at radius 3 is 1.40 bits per heavy atom. The second-order valence-electron chi connectivity index (χ2n) is 17.7. The number of phosphoric acid groups is 1. The number of hydrogen-bond acceptors (Lipinski definition) is 11. The number of phosphoric ester groups is 1. The molecule has 0 aliphatic heterocycles. The van der Waals surface area contributed by atoms with Crippen molar-refractivity contribution in [3.63, 3.8) is 0 Å². The molecule has 6 N–H and O–H groups in total. The molecule has 0 aromatic heterocycles. The third-order valence-corrected chi connectivity index (χ3v) is 12.7. The summed E-state index contributed by atoms with van der Waals surface area (Å²) in [6.45, 7) is 4.22. The molecule has 6 unspecified atom stereocenters.